The lowest BCUT2D eigenvalue weighted by Crippen LogP contribution is -2.44. The summed E-state index contributed by atoms with van der Waals surface area (Å²) in [6.07, 6.45) is 9.53. The van der Waals surface area contributed by atoms with E-state index in [2.05, 4.69) is 41.1 Å². The molecule has 1 aliphatic heterocycles. The lowest BCUT2D eigenvalue weighted by atomic mass is 10.0. The molecule has 0 amide bonds. The van der Waals surface area contributed by atoms with E-state index >= 15 is 0 Å². The number of thiazole rings is 1. The van der Waals surface area contributed by atoms with Crippen LogP contribution in [0.3, 0.4) is 0 Å². The molecule has 0 bridgehead atoms. The Morgan fingerprint density at radius 1 is 0.927 bits per heavy atom. The van der Waals surface area contributed by atoms with Crippen molar-refractivity contribution in [2.45, 2.75) is 51.4 Å². The van der Waals surface area contributed by atoms with Gasteiger partial charge in [-0.1, -0.05) is 25.7 Å². The Morgan fingerprint density at radius 3 is 2.15 bits per heavy atom. The van der Waals surface area contributed by atoms with Crippen LogP contribution in [0.4, 0.5) is 5.13 Å². The van der Waals surface area contributed by atoms with Crippen LogP contribution in [0.15, 0.2) is 48.5 Å². The first-order valence-electron chi connectivity index (χ1n) is 15.0. The maximum Gasteiger partial charge on any atom is 0.186 e. The van der Waals surface area contributed by atoms with E-state index in [1.165, 1.54) is 46.9 Å². The highest BCUT2D eigenvalue weighted by molar-refractivity contribution is 7.16. The summed E-state index contributed by atoms with van der Waals surface area (Å²) in [6.45, 7) is 5.61. The van der Waals surface area contributed by atoms with Gasteiger partial charge in [0.25, 0.3) is 0 Å². The number of piperazine rings is 1. The van der Waals surface area contributed by atoms with Crippen LogP contribution >= 0.6 is 11.3 Å². The van der Waals surface area contributed by atoms with Crippen LogP contribution < -0.4 is 19.9 Å². The zero-order valence-electron chi connectivity index (χ0n) is 24.1. The highest BCUT2D eigenvalue weighted by Crippen LogP contribution is 2.38. The van der Waals surface area contributed by atoms with E-state index in [9.17, 15) is 0 Å². The molecule has 0 spiro atoms. The fraction of sp³-hybridized carbons (Fsp3) is 0.500. The first kappa shape index (κ1) is 29.4. The van der Waals surface area contributed by atoms with E-state index in [0.29, 0.717) is 18.8 Å². The molecule has 3 aromatic rings. The molecule has 8 nitrogen and oxygen atoms in total. The summed E-state index contributed by atoms with van der Waals surface area (Å²) < 4.78 is 11.8. The first-order valence-corrected chi connectivity index (χ1v) is 15.8. The van der Waals surface area contributed by atoms with Gasteiger partial charge in [0.1, 0.15) is 17.3 Å². The molecule has 1 saturated heterocycles. The Morgan fingerprint density at radius 2 is 1.54 bits per heavy atom. The molecule has 0 radical (unpaired) electrons. The number of hydroxylamine groups is 1. The smallest absolute Gasteiger partial charge is 0.186 e. The predicted molar refractivity (Wildman–Crippen MR) is 166 cm³/mol. The summed E-state index contributed by atoms with van der Waals surface area (Å²) >= 11 is 1.91. The quantitative estimate of drug-likeness (QED) is 0.0960. The van der Waals surface area contributed by atoms with Gasteiger partial charge >= 0.3 is 0 Å². The van der Waals surface area contributed by atoms with E-state index in [4.69, 9.17) is 25.1 Å². The second-order valence-electron chi connectivity index (χ2n) is 11.2. The Bertz CT molecular complexity index is 1230. The van der Waals surface area contributed by atoms with Gasteiger partial charge in [0.05, 0.1) is 18.9 Å². The summed E-state index contributed by atoms with van der Waals surface area (Å²) in [5.74, 6) is 2.43. The number of nitrogens with one attached hydrogen (secondary N) is 2. The number of aromatic nitrogens is 1. The van der Waals surface area contributed by atoms with Gasteiger partial charge < -0.3 is 19.3 Å². The van der Waals surface area contributed by atoms with Crippen LogP contribution in [0.2, 0.25) is 0 Å². The van der Waals surface area contributed by atoms with Crippen LogP contribution in [-0.2, 0) is 6.42 Å². The maximum absolute atomic E-state index is 8.81. The summed E-state index contributed by atoms with van der Waals surface area (Å²) in [5.41, 5.74) is 4.81. The number of nitrogens with zero attached hydrogens (tertiary/aromatic N) is 3. The van der Waals surface area contributed by atoms with Crippen molar-refractivity contribution < 1.29 is 14.7 Å². The standard InChI is InChI=1S/C32H43N5O3S/c1-36-17-19-37(20-18-36)32-34-30(29(41-32)23-24-7-3-4-8-24)25-9-13-27(14-10-25)39-21-5-2-6-22-40-28-15-11-26(12-16-28)31(33)35-38/h9-16,24,38H,2-8,17-23H2,1H3,(H2,33,35). The summed E-state index contributed by atoms with van der Waals surface area (Å²) in [6, 6.07) is 15.6. The molecule has 5 rings (SSSR count). The van der Waals surface area contributed by atoms with E-state index in [1.54, 1.807) is 12.1 Å². The van der Waals surface area contributed by atoms with Crippen LogP contribution in [0.5, 0.6) is 11.5 Å². The van der Waals surface area contributed by atoms with Crippen molar-refractivity contribution in [2.24, 2.45) is 5.92 Å². The third-order valence-corrected chi connectivity index (χ3v) is 9.26. The second kappa shape index (κ2) is 14.7. The highest BCUT2D eigenvalue weighted by Gasteiger charge is 2.24. The second-order valence-corrected chi connectivity index (χ2v) is 12.3. The molecular formula is C32H43N5O3S. The van der Waals surface area contributed by atoms with Crippen LogP contribution in [0.25, 0.3) is 11.3 Å². The van der Waals surface area contributed by atoms with Crippen molar-refractivity contribution >= 4 is 22.3 Å². The predicted octanol–water partition coefficient (Wildman–Crippen LogP) is 6.23. The zero-order chi connectivity index (χ0) is 28.4. The van der Waals surface area contributed by atoms with Crippen molar-refractivity contribution in [1.82, 2.24) is 15.4 Å². The van der Waals surface area contributed by atoms with E-state index in [-0.39, 0.29) is 5.84 Å². The number of benzene rings is 2. The van der Waals surface area contributed by atoms with Crippen molar-refractivity contribution in [3.8, 4) is 22.8 Å². The fourth-order valence-electron chi connectivity index (χ4n) is 5.57. The summed E-state index contributed by atoms with van der Waals surface area (Å²) in [7, 11) is 2.20. The average Bonchev–Trinajstić information content (AvgIpc) is 3.68. The van der Waals surface area contributed by atoms with Crippen molar-refractivity contribution in [3.05, 3.63) is 59.0 Å². The summed E-state index contributed by atoms with van der Waals surface area (Å²) in [4.78, 5) is 11.5. The third kappa shape index (κ3) is 8.21. The van der Waals surface area contributed by atoms with Gasteiger partial charge in [-0.25, -0.2) is 4.98 Å². The molecule has 2 fully saturated rings. The van der Waals surface area contributed by atoms with Gasteiger partial charge in [0.15, 0.2) is 5.13 Å². The minimum atomic E-state index is -0.0336. The van der Waals surface area contributed by atoms with Crippen LogP contribution in [0, 0.1) is 11.3 Å². The van der Waals surface area contributed by atoms with Gasteiger partial charge in [-0.3, -0.25) is 16.1 Å². The van der Waals surface area contributed by atoms with Crippen molar-refractivity contribution in [2.75, 3.05) is 51.3 Å². The van der Waals surface area contributed by atoms with Crippen molar-refractivity contribution in [1.29, 1.82) is 5.41 Å². The Kier molecular flexibility index (Phi) is 10.5. The van der Waals surface area contributed by atoms with Gasteiger partial charge in [0, 0.05) is 42.2 Å². The Labute approximate surface area is 247 Å². The van der Waals surface area contributed by atoms with Crippen molar-refractivity contribution in [3.63, 3.8) is 0 Å². The monoisotopic (exact) mass is 577 g/mol. The van der Waals surface area contributed by atoms with Gasteiger partial charge in [-0.2, -0.15) is 0 Å². The molecule has 3 N–H and O–H groups in total. The topological polar surface area (TPSA) is 93.9 Å². The molecule has 2 aromatic carbocycles. The molecule has 2 heterocycles. The number of ether oxygens (including phenoxy) is 2. The molecule has 1 aromatic heterocycles. The third-order valence-electron chi connectivity index (χ3n) is 8.12. The minimum absolute atomic E-state index is 0.0336. The number of amidine groups is 1. The van der Waals surface area contributed by atoms with Crippen LogP contribution in [0.1, 0.15) is 55.4 Å². The number of hydrogen-bond donors (Lipinski definition) is 3. The van der Waals surface area contributed by atoms with E-state index in [1.807, 2.05) is 28.9 Å². The van der Waals surface area contributed by atoms with Gasteiger partial charge in [-0.05, 0) is 87.2 Å². The Hall–Kier alpha value is -3.14. The lowest BCUT2D eigenvalue weighted by Gasteiger charge is -2.32. The maximum atomic E-state index is 8.81. The summed E-state index contributed by atoms with van der Waals surface area (Å²) in [5, 5.41) is 17.6. The van der Waals surface area contributed by atoms with Gasteiger partial charge in [0.2, 0.25) is 0 Å². The fourth-order valence-corrected chi connectivity index (χ4v) is 6.81. The molecular weight excluding hydrogens is 534 g/mol. The van der Waals surface area contributed by atoms with E-state index in [0.717, 1.165) is 69.3 Å². The molecule has 0 atom stereocenters. The Balaban J connectivity index is 1.08. The molecule has 9 heteroatoms. The zero-order valence-corrected chi connectivity index (χ0v) is 24.9. The first-order chi connectivity index (χ1) is 20.1. The molecule has 1 aliphatic carbocycles. The minimum Gasteiger partial charge on any atom is -0.494 e. The molecule has 220 valence electrons. The van der Waals surface area contributed by atoms with Crippen LogP contribution in [-0.4, -0.2) is 67.4 Å². The number of anilines is 1. The molecule has 41 heavy (non-hydrogen) atoms. The van der Waals surface area contributed by atoms with Gasteiger partial charge in [-0.15, -0.1) is 11.3 Å². The van der Waals surface area contributed by atoms with E-state index < -0.39 is 0 Å². The normalized spacial score (nSPS) is 16.2. The largest absolute Gasteiger partial charge is 0.494 e. The number of unbranched alkanes of at least 4 members (excludes halogenated alkanes) is 2. The highest BCUT2D eigenvalue weighted by atomic mass is 32.1. The molecule has 0 unspecified atom stereocenters. The number of rotatable bonds is 13. The lowest BCUT2D eigenvalue weighted by molar-refractivity contribution is 0.234. The average molecular weight is 578 g/mol. The SMILES string of the molecule is CN1CCN(c2nc(-c3ccc(OCCCCCOc4ccc(C(=N)NO)cc4)cc3)c(CC3CCCC3)s2)CC1. The molecule has 1 saturated carbocycles. The molecule has 2 aliphatic rings. The number of hydrogen-bond acceptors (Lipinski definition) is 8. The number of likely N-dealkylation sites (N-methyl/N-ethyl adjacent to an activating group) is 1.